The van der Waals surface area contributed by atoms with Gasteiger partial charge in [-0.25, -0.2) is 4.98 Å². The van der Waals surface area contributed by atoms with Gasteiger partial charge in [0, 0.05) is 35.7 Å². The summed E-state index contributed by atoms with van der Waals surface area (Å²) in [6, 6.07) is 9.31. The van der Waals surface area contributed by atoms with Crippen molar-refractivity contribution < 1.29 is 27.9 Å². The molecule has 33 heavy (non-hydrogen) atoms. The summed E-state index contributed by atoms with van der Waals surface area (Å²) in [5.41, 5.74) is 1.78. The van der Waals surface area contributed by atoms with Gasteiger partial charge in [-0.3, -0.25) is 9.59 Å². The molecule has 178 valence electrons. The Labute approximate surface area is 194 Å². The first-order chi connectivity index (χ1) is 15.6. The minimum absolute atomic E-state index is 0.241. The molecule has 0 saturated heterocycles. The predicted octanol–water partition coefficient (Wildman–Crippen LogP) is 6.67. The summed E-state index contributed by atoms with van der Waals surface area (Å²) >= 11 is 1.64. The summed E-state index contributed by atoms with van der Waals surface area (Å²) in [7, 11) is 0. The maximum Gasteiger partial charge on any atom is 0.389 e. The number of Topliss-reactive ketones (excluding diaryl/α,β-unsaturated/α-hetero) is 1. The van der Waals surface area contributed by atoms with E-state index in [4.69, 9.17) is 4.98 Å². The van der Waals surface area contributed by atoms with Gasteiger partial charge in [-0.05, 0) is 48.9 Å². The van der Waals surface area contributed by atoms with Crippen LogP contribution in [0.5, 0.6) is 0 Å². The molecule has 0 spiro atoms. The standard InChI is InChI=1S/C24H27F3N2O3S/c1-3-17(4-2)29-20-8-7-15(12-19(20)28-22(29)14-18-6-5-11-33-18)21(30)13-16(23(31)32)9-10-24(25,26)27/h5-8,11-12,16-17H,3-4,9-10,13-14H2,1-2H3,(H,31,32). The quantitative estimate of drug-likeness (QED) is 0.311. The van der Waals surface area contributed by atoms with Gasteiger partial charge in [-0.1, -0.05) is 19.9 Å². The Balaban J connectivity index is 1.90. The minimum atomic E-state index is -4.46. The van der Waals surface area contributed by atoms with E-state index in [-0.39, 0.29) is 11.6 Å². The number of halogens is 3. The van der Waals surface area contributed by atoms with E-state index in [1.54, 1.807) is 29.5 Å². The lowest BCUT2D eigenvalue weighted by Crippen LogP contribution is -2.21. The Kier molecular flexibility index (Phi) is 7.94. The number of fused-ring (bicyclic) bond motifs is 1. The molecule has 0 aliphatic carbocycles. The van der Waals surface area contributed by atoms with Gasteiger partial charge in [0.15, 0.2) is 5.78 Å². The number of hydrogen-bond donors (Lipinski definition) is 1. The van der Waals surface area contributed by atoms with Gasteiger partial charge in [0.1, 0.15) is 5.82 Å². The average molecular weight is 481 g/mol. The molecule has 1 aromatic carbocycles. The number of carbonyl (C=O) groups excluding carboxylic acids is 1. The van der Waals surface area contributed by atoms with Crippen molar-refractivity contribution >= 4 is 34.1 Å². The molecule has 5 nitrogen and oxygen atoms in total. The maximum absolute atomic E-state index is 12.7. The van der Waals surface area contributed by atoms with Crippen LogP contribution in [0, 0.1) is 5.92 Å². The van der Waals surface area contributed by atoms with Crippen molar-refractivity contribution in [3.8, 4) is 0 Å². The highest BCUT2D eigenvalue weighted by Gasteiger charge is 2.31. The van der Waals surface area contributed by atoms with Crippen molar-refractivity contribution in [2.75, 3.05) is 0 Å². The third-order valence-electron chi connectivity index (χ3n) is 5.86. The summed E-state index contributed by atoms with van der Waals surface area (Å²) in [6.45, 7) is 4.22. The third kappa shape index (κ3) is 6.22. The molecule has 0 aliphatic heterocycles. The average Bonchev–Trinajstić information content (AvgIpc) is 3.39. The first kappa shape index (κ1) is 25.0. The molecule has 0 fully saturated rings. The highest BCUT2D eigenvalue weighted by Crippen LogP contribution is 2.30. The second-order valence-electron chi connectivity index (χ2n) is 8.14. The van der Waals surface area contributed by atoms with Crippen molar-refractivity contribution in [1.82, 2.24) is 9.55 Å². The van der Waals surface area contributed by atoms with E-state index in [0.717, 1.165) is 24.2 Å². The zero-order valence-corrected chi connectivity index (χ0v) is 19.4. The van der Waals surface area contributed by atoms with Gasteiger partial charge in [-0.15, -0.1) is 11.3 Å². The molecule has 2 aromatic heterocycles. The normalized spacial score (nSPS) is 13.0. The zero-order chi connectivity index (χ0) is 24.2. The van der Waals surface area contributed by atoms with Gasteiger partial charge < -0.3 is 9.67 Å². The molecule has 1 atom stereocenters. The minimum Gasteiger partial charge on any atom is -0.481 e. The molecule has 0 saturated carbocycles. The van der Waals surface area contributed by atoms with E-state index in [9.17, 15) is 27.9 Å². The van der Waals surface area contributed by atoms with Crippen LogP contribution in [0.15, 0.2) is 35.7 Å². The number of aromatic nitrogens is 2. The van der Waals surface area contributed by atoms with E-state index >= 15 is 0 Å². The van der Waals surface area contributed by atoms with Crippen LogP contribution in [0.1, 0.15) is 73.1 Å². The SMILES string of the molecule is CCC(CC)n1c(Cc2cccs2)nc2cc(C(=O)CC(CCC(F)(F)F)C(=O)O)ccc21. The number of carboxylic acids is 1. The van der Waals surface area contributed by atoms with E-state index in [1.807, 2.05) is 17.5 Å². The Morgan fingerprint density at radius 3 is 2.48 bits per heavy atom. The van der Waals surface area contributed by atoms with Crippen LogP contribution >= 0.6 is 11.3 Å². The van der Waals surface area contributed by atoms with E-state index in [2.05, 4.69) is 18.4 Å². The second kappa shape index (κ2) is 10.5. The van der Waals surface area contributed by atoms with Crippen LogP contribution in [0.25, 0.3) is 11.0 Å². The number of benzene rings is 1. The van der Waals surface area contributed by atoms with Crippen LogP contribution in [0.4, 0.5) is 13.2 Å². The number of rotatable bonds is 11. The van der Waals surface area contributed by atoms with Gasteiger partial charge in [-0.2, -0.15) is 13.2 Å². The molecule has 1 N–H and O–H groups in total. The van der Waals surface area contributed by atoms with E-state index in [0.29, 0.717) is 11.9 Å². The largest absolute Gasteiger partial charge is 0.481 e. The first-order valence-corrected chi connectivity index (χ1v) is 11.9. The molecule has 0 bridgehead atoms. The molecule has 3 rings (SSSR count). The smallest absolute Gasteiger partial charge is 0.389 e. The molecule has 1 unspecified atom stereocenters. The van der Waals surface area contributed by atoms with Crippen molar-refractivity contribution in [3.63, 3.8) is 0 Å². The van der Waals surface area contributed by atoms with Crippen LogP contribution in [-0.2, 0) is 11.2 Å². The fourth-order valence-electron chi connectivity index (χ4n) is 4.07. The van der Waals surface area contributed by atoms with Gasteiger partial charge >= 0.3 is 12.1 Å². The van der Waals surface area contributed by atoms with Gasteiger partial charge in [0.05, 0.1) is 17.0 Å². The lowest BCUT2D eigenvalue weighted by atomic mass is 9.94. The van der Waals surface area contributed by atoms with Gasteiger partial charge in [0.25, 0.3) is 0 Å². The second-order valence-corrected chi connectivity index (χ2v) is 9.18. The first-order valence-electron chi connectivity index (χ1n) is 11.0. The van der Waals surface area contributed by atoms with Gasteiger partial charge in [0.2, 0.25) is 0 Å². The van der Waals surface area contributed by atoms with Crippen molar-refractivity contribution in [1.29, 1.82) is 0 Å². The number of ketones is 1. The lowest BCUT2D eigenvalue weighted by Gasteiger charge is -2.19. The number of alkyl halides is 3. The molecule has 9 heteroatoms. The van der Waals surface area contributed by atoms with Crippen LogP contribution < -0.4 is 0 Å². The summed E-state index contributed by atoms with van der Waals surface area (Å²) in [5.74, 6) is -2.39. The summed E-state index contributed by atoms with van der Waals surface area (Å²) in [4.78, 5) is 30.1. The number of carboxylic acid groups (broad SMARTS) is 1. The Hall–Kier alpha value is -2.68. The number of nitrogens with zero attached hydrogens (tertiary/aromatic N) is 2. The molecule has 3 aromatic rings. The topological polar surface area (TPSA) is 72.2 Å². The number of carbonyl (C=O) groups is 2. The molecule has 2 heterocycles. The highest BCUT2D eigenvalue weighted by atomic mass is 32.1. The summed E-state index contributed by atoms with van der Waals surface area (Å²) < 4.78 is 39.8. The molecular formula is C24H27F3N2O3S. The molecule has 0 amide bonds. The van der Waals surface area contributed by atoms with Crippen LogP contribution in [-0.4, -0.2) is 32.6 Å². The third-order valence-corrected chi connectivity index (χ3v) is 6.74. The van der Waals surface area contributed by atoms with Crippen LogP contribution in [0.3, 0.4) is 0 Å². The Morgan fingerprint density at radius 1 is 1.18 bits per heavy atom. The summed E-state index contributed by atoms with van der Waals surface area (Å²) in [5, 5.41) is 11.3. The number of thiophene rings is 1. The van der Waals surface area contributed by atoms with Crippen molar-refractivity contribution in [2.45, 2.75) is 64.6 Å². The fraction of sp³-hybridized carbons (Fsp3) is 0.458. The summed E-state index contributed by atoms with van der Waals surface area (Å²) in [6.07, 6.45) is -4.31. The highest BCUT2D eigenvalue weighted by molar-refractivity contribution is 7.09. The van der Waals surface area contributed by atoms with Crippen LogP contribution in [0.2, 0.25) is 0 Å². The monoisotopic (exact) mass is 480 g/mol. The number of hydrogen-bond acceptors (Lipinski definition) is 4. The lowest BCUT2D eigenvalue weighted by molar-refractivity contribution is -0.148. The molecule has 0 radical (unpaired) electrons. The Bertz CT molecular complexity index is 1100. The molecule has 0 aliphatic rings. The predicted molar refractivity (Wildman–Crippen MR) is 122 cm³/mol. The van der Waals surface area contributed by atoms with Crippen molar-refractivity contribution in [3.05, 3.63) is 52.0 Å². The maximum atomic E-state index is 12.7. The van der Waals surface area contributed by atoms with Crippen molar-refractivity contribution in [2.24, 2.45) is 5.92 Å². The zero-order valence-electron chi connectivity index (χ0n) is 18.6. The Morgan fingerprint density at radius 2 is 1.91 bits per heavy atom. The number of aliphatic carboxylic acids is 1. The van der Waals surface area contributed by atoms with E-state index in [1.165, 1.54) is 4.88 Å². The number of imidazole rings is 1. The van der Waals surface area contributed by atoms with E-state index < -0.39 is 43.1 Å². The fourth-order valence-corrected chi connectivity index (χ4v) is 4.77. The molecular weight excluding hydrogens is 453 g/mol.